The molecule has 3 N–H and O–H groups in total. The number of benzene rings is 2. The SMILES string of the molecule is COc1cc2c(cc1OCCCC(=O)Nc1cc(C(=O)Nc3ccc(-c4c[nH]c(C)c4)cc3)n(C)c1)CC[C@@H]1CCCCN1C2=O. The Morgan fingerprint density at radius 1 is 0.978 bits per heavy atom. The van der Waals surface area contributed by atoms with Crippen molar-refractivity contribution in [2.75, 3.05) is 30.9 Å². The lowest BCUT2D eigenvalue weighted by Gasteiger charge is -2.34. The molecular formula is C36H41N5O5. The van der Waals surface area contributed by atoms with Crippen molar-refractivity contribution >= 4 is 29.1 Å². The Balaban J connectivity index is 0.998. The first-order chi connectivity index (χ1) is 22.3. The van der Waals surface area contributed by atoms with Crippen molar-refractivity contribution in [3.8, 4) is 22.6 Å². The highest BCUT2D eigenvalue weighted by Crippen LogP contribution is 2.36. The van der Waals surface area contributed by atoms with E-state index in [4.69, 9.17) is 9.47 Å². The number of carbonyl (C=O) groups excluding carboxylic acids is 3. The summed E-state index contributed by atoms with van der Waals surface area (Å²) in [5.41, 5.74) is 6.57. The van der Waals surface area contributed by atoms with Gasteiger partial charge in [-0.15, -0.1) is 0 Å². The molecule has 2 aliphatic rings. The van der Waals surface area contributed by atoms with E-state index in [-0.39, 0.29) is 24.1 Å². The van der Waals surface area contributed by atoms with Crippen molar-refractivity contribution < 1.29 is 23.9 Å². The molecule has 0 spiro atoms. The lowest BCUT2D eigenvalue weighted by Crippen LogP contribution is -2.42. The number of rotatable bonds is 10. The Kier molecular flexibility index (Phi) is 9.14. The van der Waals surface area contributed by atoms with Crippen LogP contribution >= 0.6 is 0 Å². The third-order valence-electron chi connectivity index (χ3n) is 8.89. The van der Waals surface area contributed by atoms with Gasteiger partial charge in [-0.05, 0) is 98.5 Å². The second kappa shape index (κ2) is 13.6. The van der Waals surface area contributed by atoms with E-state index >= 15 is 0 Å². The predicted molar refractivity (Wildman–Crippen MR) is 178 cm³/mol. The Bertz CT molecular complexity index is 1740. The summed E-state index contributed by atoms with van der Waals surface area (Å²) in [4.78, 5) is 44.2. The van der Waals surface area contributed by atoms with Crippen LogP contribution in [-0.2, 0) is 18.3 Å². The molecule has 0 aliphatic carbocycles. The van der Waals surface area contributed by atoms with Crippen molar-refractivity contribution in [2.45, 2.75) is 57.9 Å². The number of carbonyl (C=O) groups is 3. The molecule has 2 aromatic heterocycles. The Labute approximate surface area is 269 Å². The number of piperidine rings is 1. The smallest absolute Gasteiger partial charge is 0.272 e. The van der Waals surface area contributed by atoms with Crippen molar-refractivity contribution in [1.29, 1.82) is 0 Å². The number of aromatic amines is 1. The van der Waals surface area contributed by atoms with Gasteiger partial charge in [0, 0.05) is 55.4 Å². The minimum Gasteiger partial charge on any atom is -0.493 e. The van der Waals surface area contributed by atoms with Crippen LogP contribution in [-0.4, -0.2) is 58.5 Å². The van der Waals surface area contributed by atoms with E-state index in [0.29, 0.717) is 53.2 Å². The number of anilines is 2. The molecule has 0 unspecified atom stereocenters. The van der Waals surface area contributed by atoms with Gasteiger partial charge in [-0.3, -0.25) is 14.4 Å². The molecule has 1 atom stereocenters. The fourth-order valence-corrected chi connectivity index (χ4v) is 6.44. The fraction of sp³-hybridized carbons (Fsp3) is 0.361. The summed E-state index contributed by atoms with van der Waals surface area (Å²) >= 11 is 0. The number of hydrogen-bond acceptors (Lipinski definition) is 5. The number of nitrogens with zero attached hydrogens (tertiary/aromatic N) is 2. The average molecular weight is 624 g/mol. The highest BCUT2D eigenvalue weighted by molar-refractivity contribution is 6.04. The maximum Gasteiger partial charge on any atom is 0.272 e. The summed E-state index contributed by atoms with van der Waals surface area (Å²) in [6, 6.07) is 15.4. The zero-order valence-electron chi connectivity index (χ0n) is 26.7. The number of hydrogen-bond donors (Lipinski definition) is 3. The molecule has 6 rings (SSSR count). The van der Waals surface area contributed by atoms with E-state index in [1.165, 1.54) is 6.42 Å². The standard InChI is InChI=1S/C36H41N5O5/c1-23-17-26(21-37-23)24-9-12-27(13-10-24)39-35(43)31-19-28(22-40(31)2)38-34(42)8-6-16-46-33-18-25-11-14-29-7-4-5-15-41(29)36(44)30(25)20-32(33)45-3/h9-10,12-13,17-22,29,37H,4-8,11,14-16H2,1-3H3,(H,38,42)(H,39,43)/t29-/m0/s1. The molecule has 0 bridgehead atoms. The van der Waals surface area contributed by atoms with Gasteiger partial charge >= 0.3 is 0 Å². The monoisotopic (exact) mass is 623 g/mol. The summed E-state index contributed by atoms with van der Waals surface area (Å²) in [5.74, 6) is 0.746. The van der Waals surface area contributed by atoms with Gasteiger partial charge in [-0.25, -0.2) is 0 Å². The van der Waals surface area contributed by atoms with E-state index in [1.807, 2.05) is 48.4 Å². The molecule has 4 aromatic rings. The third kappa shape index (κ3) is 6.80. The molecule has 0 radical (unpaired) electrons. The van der Waals surface area contributed by atoms with Gasteiger partial charge < -0.3 is 34.6 Å². The van der Waals surface area contributed by atoms with Crippen LogP contribution in [0.1, 0.15) is 70.6 Å². The van der Waals surface area contributed by atoms with Gasteiger partial charge in [0.1, 0.15) is 5.69 Å². The van der Waals surface area contributed by atoms with E-state index in [2.05, 4.69) is 21.7 Å². The van der Waals surface area contributed by atoms with Crippen LogP contribution in [0.3, 0.4) is 0 Å². The van der Waals surface area contributed by atoms with E-state index < -0.39 is 0 Å². The number of amides is 3. The minimum atomic E-state index is -0.269. The highest BCUT2D eigenvalue weighted by atomic mass is 16.5. The lowest BCUT2D eigenvalue weighted by molar-refractivity contribution is -0.116. The van der Waals surface area contributed by atoms with Crippen LogP contribution < -0.4 is 20.1 Å². The molecule has 0 saturated carbocycles. The Hall–Kier alpha value is -4.99. The summed E-state index contributed by atoms with van der Waals surface area (Å²) in [5, 5.41) is 5.81. The zero-order valence-corrected chi connectivity index (χ0v) is 26.7. The minimum absolute atomic E-state index is 0.0809. The van der Waals surface area contributed by atoms with Gasteiger partial charge in [-0.1, -0.05) is 12.1 Å². The van der Waals surface area contributed by atoms with Crippen molar-refractivity contribution in [2.24, 2.45) is 7.05 Å². The first-order valence-corrected chi connectivity index (χ1v) is 16.0. The van der Waals surface area contributed by atoms with Crippen LogP contribution in [0.2, 0.25) is 0 Å². The Morgan fingerprint density at radius 3 is 2.57 bits per heavy atom. The second-order valence-electron chi connectivity index (χ2n) is 12.2. The van der Waals surface area contributed by atoms with E-state index in [9.17, 15) is 14.4 Å². The molecule has 46 heavy (non-hydrogen) atoms. The first-order valence-electron chi connectivity index (χ1n) is 16.0. The summed E-state index contributed by atoms with van der Waals surface area (Å²) in [6.07, 6.45) is 9.45. The average Bonchev–Trinajstić information content (AvgIpc) is 3.63. The number of methoxy groups -OCH3 is 1. The number of aromatic nitrogens is 2. The molecule has 2 aromatic carbocycles. The van der Waals surface area contributed by atoms with Gasteiger partial charge in [0.15, 0.2) is 11.5 Å². The van der Waals surface area contributed by atoms with Crippen LogP contribution in [0.25, 0.3) is 11.1 Å². The molecule has 1 saturated heterocycles. The highest BCUT2D eigenvalue weighted by Gasteiger charge is 2.32. The quantitative estimate of drug-likeness (QED) is 0.179. The lowest BCUT2D eigenvalue weighted by atomic mass is 9.98. The molecule has 4 heterocycles. The van der Waals surface area contributed by atoms with Gasteiger partial charge in [0.25, 0.3) is 11.8 Å². The molecule has 1 fully saturated rings. The van der Waals surface area contributed by atoms with Crippen molar-refractivity contribution in [1.82, 2.24) is 14.5 Å². The number of fused-ring (bicyclic) bond motifs is 2. The van der Waals surface area contributed by atoms with E-state index in [0.717, 1.165) is 54.6 Å². The van der Waals surface area contributed by atoms with Crippen LogP contribution in [0.15, 0.2) is 60.9 Å². The summed E-state index contributed by atoms with van der Waals surface area (Å²) in [6.45, 7) is 3.13. The second-order valence-corrected chi connectivity index (χ2v) is 12.2. The maximum absolute atomic E-state index is 13.3. The van der Waals surface area contributed by atoms with Crippen molar-refractivity contribution in [3.63, 3.8) is 0 Å². The van der Waals surface area contributed by atoms with Crippen molar-refractivity contribution in [3.05, 3.63) is 83.4 Å². The van der Waals surface area contributed by atoms with Gasteiger partial charge in [-0.2, -0.15) is 0 Å². The molecule has 240 valence electrons. The van der Waals surface area contributed by atoms with Gasteiger partial charge in [0.05, 0.1) is 19.4 Å². The molecular weight excluding hydrogens is 582 g/mol. The largest absolute Gasteiger partial charge is 0.493 e. The van der Waals surface area contributed by atoms with Crippen LogP contribution in [0, 0.1) is 6.92 Å². The molecule has 10 heteroatoms. The molecule has 10 nitrogen and oxygen atoms in total. The third-order valence-corrected chi connectivity index (χ3v) is 8.89. The predicted octanol–water partition coefficient (Wildman–Crippen LogP) is 6.33. The molecule has 3 amide bonds. The summed E-state index contributed by atoms with van der Waals surface area (Å²) in [7, 11) is 3.34. The molecule has 2 aliphatic heterocycles. The first kappa shape index (κ1) is 31.0. The summed E-state index contributed by atoms with van der Waals surface area (Å²) < 4.78 is 13.3. The Morgan fingerprint density at radius 2 is 1.80 bits per heavy atom. The zero-order chi connectivity index (χ0) is 32.2. The van der Waals surface area contributed by atoms with Crippen LogP contribution in [0.4, 0.5) is 11.4 Å². The number of aryl methyl sites for hydroxylation is 3. The van der Waals surface area contributed by atoms with Crippen LogP contribution in [0.5, 0.6) is 11.5 Å². The number of H-pyrrole nitrogens is 1. The normalized spacial score (nSPS) is 15.8. The number of nitrogens with one attached hydrogen (secondary N) is 3. The van der Waals surface area contributed by atoms with Gasteiger partial charge in [0.2, 0.25) is 5.91 Å². The number of ether oxygens (including phenoxy) is 2. The van der Waals surface area contributed by atoms with E-state index in [1.54, 1.807) is 37.1 Å². The fourth-order valence-electron chi connectivity index (χ4n) is 6.44. The topological polar surface area (TPSA) is 118 Å². The maximum atomic E-state index is 13.3.